The monoisotopic (exact) mass is 796 g/mol. The molecule has 5 aliphatic carbocycles. The van der Waals surface area contributed by atoms with Crippen LogP contribution in [-0.4, -0.2) is 139 Å². The van der Waals surface area contributed by atoms with Crippen LogP contribution in [0.4, 0.5) is 0 Å². The first kappa shape index (κ1) is 42.8. The first-order valence-corrected chi connectivity index (χ1v) is 21.0. The SMILES string of the molecule is CC1(CO)CC[C@]2(C(=O)O[C@@H]3O[C@H](CO)[C@@H](O)[C@H](O)[C@H]3O)CC[C@]3(C)C(=CCC4[C@@]5(C)CC[C@H](O[C@@H]6O[C@H](CO)[C@@H](O)[C@H](O)[C@H]6O)C(C)(C)C5CC[C@]43C)C2C1. The minimum atomic E-state index is -1.70. The lowest BCUT2D eigenvalue weighted by Crippen LogP contribution is -2.66. The first-order chi connectivity index (χ1) is 26.2. The number of esters is 1. The smallest absolute Gasteiger partial charge is 0.315 e. The number of carbonyl (C=O) groups excluding carboxylic acids is 1. The summed E-state index contributed by atoms with van der Waals surface area (Å²) in [6, 6.07) is 0. The standard InChI is InChI=1S/C42H68O14/c1-37(2)25-9-12-41(6)26(39(25,4)11-10-27(37)55-34-32(50)30(48)28(46)23(18-43)53-34)8-7-21-22-17-38(3,20-45)13-15-42(22,16-14-40(21,41)5)36(52)56-35-33(51)31(49)29(47)24(19-44)54-35/h7,22-35,43-51H,8-20H2,1-6H3/t22?,23-,24-,25?,26?,27+,28-,29-,30+,31+,32-,33-,34+,35+,38?,39+,40-,41-,42+/m1/s1. The van der Waals surface area contributed by atoms with Crippen LogP contribution in [0.3, 0.4) is 0 Å². The highest BCUT2D eigenvalue weighted by molar-refractivity contribution is 5.79. The molecule has 0 aromatic rings. The van der Waals surface area contributed by atoms with Gasteiger partial charge >= 0.3 is 5.97 Å². The minimum absolute atomic E-state index is 0.0214. The van der Waals surface area contributed by atoms with Crippen LogP contribution in [0.25, 0.3) is 0 Å². The summed E-state index contributed by atoms with van der Waals surface area (Å²) < 4.78 is 23.8. The molecule has 9 N–H and O–H groups in total. The van der Waals surface area contributed by atoms with Gasteiger partial charge in [-0.15, -0.1) is 0 Å². The summed E-state index contributed by atoms with van der Waals surface area (Å²) in [4.78, 5) is 14.6. The molecule has 7 rings (SSSR count). The number of hydrogen-bond donors (Lipinski definition) is 9. The zero-order chi connectivity index (χ0) is 41.0. The lowest BCUT2D eigenvalue weighted by Gasteiger charge is -2.71. The highest BCUT2D eigenvalue weighted by Crippen LogP contribution is 2.76. The van der Waals surface area contributed by atoms with Gasteiger partial charge in [-0.3, -0.25) is 4.79 Å². The zero-order valence-electron chi connectivity index (χ0n) is 33.9. The fourth-order valence-electron chi connectivity index (χ4n) is 13.6. The normalized spacial score (nSPS) is 54.1. The van der Waals surface area contributed by atoms with Crippen LogP contribution in [0.15, 0.2) is 11.6 Å². The topological polar surface area (TPSA) is 236 Å². The van der Waals surface area contributed by atoms with Crippen molar-refractivity contribution in [1.29, 1.82) is 0 Å². The van der Waals surface area contributed by atoms with E-state index in [4.69, 9.17) is 18.9 Å². The van der Waals surface area contributed by atoms with E-state index in [0.29, 0.717) is 38.0 Å². The Bertz CT molecular complexity index is 1500. The number of hydrogen-bond acceptors (Lipinski definition) is 14. The second-order valence-corrected chi connectivity index (χ2v) is 20.5. The van der Waals surface area contributed by atoms with Crippen molar-refractivity contribution in [2.45, 2.75) is 173 Å². The van der Waals surface area contributed by atoms with Gasteiger partial charge in [0.2, 0.25) is 6.29 Å². The molecule has 14 heteroatoms. The largest absolute Gasteiger partial charge is 0.432 e. The van der Waals surface area contributed by atoms with Crippen molar-refractivity contribution in [3.63, 3.8) is 0 Å². The first-order valence-electron chi connectivity index (χ1n) is 21.0. The number of fused-ring (bicyclic) bond motifs is 7. The summed E-state index contributed by atoms with van der Waals surface area (Å²) in [6.07, 6.45) is -5.12. The summed E-state index contributed by atoms with van der Waals surface area (Å²) in [7, 11) is 0. The van der Waals surface area contributed by atoms with Crippen LogP contribution in [0.2, 0.25) is 0 Å². The predicted molar refractivity (Wildman–Crippen MR) is 199 cm³/mol. The number of ether oxygens (including phenoxy) is 4. The van der Waals surface area contributed by atoms with Crippen molar-refractivity contribution < 1.29 is 69.7 Å². The van der Waals surface area contributed by atoms with Gasteiger partial charge in [-0.1, -0.05) is 53.2 Å². The van der Waals surface area contributed by atoms with Gasteiger partial charge in [-0.25, -0.2) is 0 Å². The van der Waals surface area contributed by atoms with Crippen molar-refractivity contribution in [3.05, 3.63) is 11.6 Å². The van der Waals surface area contributed by atoms with Gasteiger partial charge in [0.15, 0.2) is 6.29 Å². The Kier molecular flexibility index (Phi) is 11.3. The maximum atomic E-state index is 14.6. The van der Waals surface area contributed by atoms with Crippen molar-refractivity contribution in [3.8, 4) is 0 Å². The fraction of sp³-hybridized carbons (Fsp3) is 0.929. The highest BCUT2D eigenvalue weighted by atomic mass is 16.7. The Labute approximate surface area is 330 Å². The predicted octanol–water partition coefficient (Wildman–Crippen LogP) is 1.29. The Balaban J connectivity index is 1.17. The molecule has 56 heavy (non-hydrogen) atoms. The number of aliphatic hydroxyl groups excluding tert-OH is 9. The summed E-state index contributed by atoms with van der Waals surface area (Å²) in [5, 5.41) is 93.4. The van der Waals surface area contributed by atoms with Crippen LogP contribution < -0.4 is 0 Å². The van der Waals surface area contributed by atoms with E-state index in [0.717, 1.165) is 32.1 Å². The lowest BCUT2D eigenvalue weighted by atomic mass is 9.33. The third-order valence-corrected chi connectivity index (χ3v) is 17.4. The zero-order valence-corrected chi connectivity index (χ0v) is 33.9. The van der Waals surface area contributed by atoms with Crippen LogP contribution in [-0.2, 0) is 23.7 Å². The summed E-state index contributed by atoms with van der Waals surface area (Å²) in [5.41, 5.74) is -0.979. The Morgan fingerprint density at radius 2 is 1.30 bits per heavy atom. The summed E-state index contributed by atoms with van der Waals surface area (Å²) in [6.45, 7) is 12.5. The van der Waals surface area contributed by atoms with Gasteiger partial charge in [0.1, 0.15) is 48.8 Å². The van der Waals surface area contributed by atoms with E-state index in [1.54, 1.807) is 0 Å². The second kappa shape index (κ2) is 14.7. The van der Waals surface area contributed by atoms with E-state index in [1.165, 1.54) is 5.57 Å². The van der Waals surface area contributed by atoms with Crippen molar-refractivity contribution in [1.82, 2.24) is 0 Å². The molecule has 320 valence electrons. The van der Waals surface area contributed by atoms with E-state index in [2.05, 4.69) is 47.6 Å². The molecule has 2 heterocycles. The van der Waals surface area contributed by atoms with Gasteiger partial charge in [0, 0.05) is 6.61 Å². The number of aliphatic hydroxyl groups is 9. The number of rotatable bonds is 7. The fourth-order valence-corrected chi connectivity index (χ4v) is 13.6. The molecule has 0 aromatic heterocycles. The molecule has 7 aliphatic rings. The third-order valence-electron chi connectivity index (χ3n) is 17.4. The average Bonchev–Trinajstić information content (AvgIpc) is 3.16. The molecule has 4 saturated carbocycles. The van der Waals surface area contributed by atoms with Crippen LogP contribution in [0.1, 0.15) is 106 Å². The average molecular weight is 797 g/mol. The molecule has 14 nitrogen and oxygen atoms in total. The van der Waals surface area contributed by atoms with Crippen molar-refractivity contribution in [2.24, 2.45) is 50.2 Å². The summed E-state index contributed by atoms with van der Waals surface area (Å²) in [5.74, 6) is -0.223. The van der Waals surface area contributed by atoms with E-state index >= 15 is 0 Å². The van der Waals surface area contributed by atoms with Gasteiger partial charge in [0.05, 0.1) is 24.7 Å². The van der Waals surface area contributed by atoms with Crippen LogP contribution in [0, 0.1) is 50.2 Å². The minimum Gasteiger partial charge on any atom is -0.432 e. The lowest BCUT2D eigenvalue weighted by molar-refractivity contribution is -0.330. The molecule has 0 radical (unpaired) electrons. The van der Waals surface area contributed by atoms with E-state index in [9.17, 15) is 50.8 Å². The second-order valence-electron chi connectivity index (χ2n) is 20.5. The van der Waals surface area contributed by atoms with Crippen molar-refractivity contribution >= 4 is 5.97 Å². The van der Waals surface area contributed by atoms with Gasteiger partial charge in [-0.05, 0) is 109 Å². The molecule has 4 unspecified atom stereocenters. The van der Waals surface area contributed by atoms with Crippen LogP contribution >= 0.6 is 0 Å². The van der Waals surface area contributed by atoms with E-state index < -0.39 is 91.4 Å². The molecule has 2 aliphatic heterocycles. The molecule has 19 atom stereocenters. The molecular weight excluding hydrogens is 728 g/mol. The summed E-state index contributed by atoms with van der Waals surface area (Å²) >= 11 is 0. The third kappa shape index (κ3) is 6.21. The van der Waals surface area contributed by atoms with Gasteiger partial charge in [-0.2, -0.15) is 0 Å². The Morgan fingerprint density at radius 1 is 0.714 bits per heavy atom. The van der Waals surface area contributed by atoms with E-state index in [1.807, 2.05) is 0 Å². The molecule has 0 spiro atoms. The molecule has 0 amide bonds. The Hall–Kier alpha value is -1.27. The number of carbonyl (C=O) groups is 1. The van der Waals surface area contributed by atoms with Gasteiger partial charge in [0.25, 0.3) is 0 Å². The quantitative estimate of drug-likeness (QED) is 0.100. The molecule has 0 aromatic carbocycles. The molecule has 0 bridgehead atoms. The molecule has 6 fully saturated rings. The Morgan fingerprint density at radius 3 is 1.91 bits per heavy atom. The number of allylic oxidation sites excluding steroid dienone is 2. The maximum absolute atomic E-state index is 14.6. The van der Waals surface area contributed by atoms with Crippen molar-refractivity contribution in [2.75, 3.05) is 19.8 Å². The van der Waals surface area contributed by atoms with E-state index in [-0.39, 0.29) is 46.2 Å². The maximum Gasteiger partial charge on any atom is 0.315 e. The van der Waals surface area contributed by atoms with Gasteiger partial charge < -0.3 is 64.9 Å². The highest BCUT2D eigenvalue weighted by Gasteiger charge is 2.70. The van der Waals surface area contributed by atoms with Crippen LogP contribution in [0.5, 0.6) is 0 Å². The molecular formula is C42H68O14. The molecule has 2 saturated heterocycles.